The van der Waals surface area contributed by atoms with Crippen LogP contribution in [0.15, 0.2) is 29.2 Å². The predicted molar refractivity (Wildman–Crippen MR) is 82.9 cm³/mol. The van der Waals surface area contributed by atoms with E-state index in [0.717, 1.165) is 41.4 Å². The molecule has 1 aromatic rings. The highest BCUT2D eigenvalue weighted by Crippen LogP contribution is 2.19. The van der Waals surface area contributed by atoms with Crippen molar-refractivity contribution in [1.82, 2.24) is 9.62 Å². The molecule has 1 amide bonds. The molecule has 1 aliphatic rings. The molecule has 1 aromatic carbocycles. The van der Waals surface area contributed by atoms with Gasteiger partial charge in [-0.05, 0) is 44.0 Å². The van der Waals surface area contributed by atoms with Crippen molar-refractivity contribution in [3.8, 4) is 0 Å². The quantitative estimate of drug-likeness (QED) is 0.723. The molecule has 0 aromatic heterocycles. The number of nitrogens with zero attached hydrogens (tertiary/aromatic N) is 1. The number of ether oxygens (including phenoxy) is 1. The maximum Gasteiger partial charge on any atom is 0.322 e. The summed E-state index contributed by atoms with van der Waals surface area (Å²) in [4.78, 5) is 23.4. The fourth-order valence-electron chi connectivity index (χ4n) is 1.89. The molecule has 0 unspecified atom stereocenters. The van der Waals surface area contributed by atoms with Crippen molar-refractivity contribution in [1.29, 1.82) is 0 Å². The van der Waals surface area contributed by atoms with Crippen molar-refractivity contribution in [3.63, 3.8) is 0 Å². The molecule has 0 bridgehead atoms. The average molecular weight is 358 g/mol. The third-order valence-electron chi connectivity index (χ3n) is 3.47. The molecule has 0 radical (unpaired) electrons. The first-order chi connectivity index (χ1) is 11.2. The second-order valence-electron chi connectivity index (χ2n) is 5.63. The number of carbonyl (C=O) groups is 2. The molecule has 2 rings (SSSR count). The van der Waals surface area contributed by atoms with Crippen LogP contribution >= 0.6 is 0 Å². The molecule has 1 saturated carbocycles. The van der Waals surface area contributed by atoms with Gasteiger partial charge in [-0.2, -0.15) is 4.31 Å². The Bertz CT molecular complexity index is 716. The molecule has 0 spiro atoms. The molecule has 1 fully saturated rings. The summed E-state index contributed by atoms with van der Waals surface area (Å²) in [5.74, 6) is -1.82. The Kier molecular flexibility index (Phi) is 5.55. The minimum absolute atomic E-state index is 0.139. The Labute approximate surface area is 139 Å². The Morgan fingerprint density at radius 3 is 2.46 bits per heavy atom. The van der Waals surface area contributed by atoms with Crippen LogP contribution in [-0.4, -0.2) is 50.3 Å². The number of esters is 1. The zero-order chi connectivity index (χ0) is 17.9. The van der Waals surface area contributed by atoms with Gasteiger partial charge in [0.15, 0.2) is 6.10 Å². The number of amides is 1. The lowest BCUT2D eigenvalue weighted by Gasteiger charge is -2.18. The molecular formula is C15H19FN2O5S. The highest BCUT2D eigenvalue weighted by Gasteiger charge is 2.28. The van der Waals surface area contributed by atoms with Crippen LogP contribution < -0.4 is 5.32 Å². The molecule has 0 heterocycles. The van der Waals surface area contributed by atoms with E-state index in [-0.39, 0.29) is 10.9 Å². The van der Waals surface area contributed by atoms with Gasteiger partial charge in [-0.25, -0.2) is 12.8 Å². The molecule has 1 aliphatic carbocycles. The summed E-state index contributed by atoms with van der Waals surface area (Å²) in [5.41, 5.74) is 0. The van der Waals surface area contributed by atoms with E-state index in [1.165, 1.54) is 14.0 Å². The van der Waals surface area contributed by atoms with E-state index in [1.807, 2.05) is 0 Å². The third-order valence-corrected chi connectivity index (χ3v) is 5.29. The fraction of sp³-hybridized carbons (Fsp3) is 0.467. The molecule has 1 N–H and O–H groups in total. The van der Waals surface area contributed by atoms with E-state index < -0.39 is 40.4 Å². The summed E-state index contributed by atoms with van der Waals surface area (Å²) in [7, 11) is -2.75. The smallest absolute Gasteiger partial charge is 0.322 e. The summed E-state index contributed by atoms with van der Waals surface area (Å²) in [6.45, 7) is 0.866. The number of likely N-dealkylation sites (N-methyl/N-ethyl adjacent to an activating group) is 1. The highest BCUT2D eigenvalue weighted by atomic mass is 32.2. The van der Waals surface area contributed by atoms with Crippen LogP contribution in [0.25, 0.3) is 0 Å². The van der Waals surface area contributed by atoms with Gasteiger partial charge in [0.2, 0.25) is 10.0 Å². The van der Waals surface area contributed by atoms with Crippen LogP contribution in [-0.2, 0) is 24.3 Å². The van der Waals surface area contributed by atoms with Crippen LogP contribution in [0, 0.1) is 5.82 Å². The van der Waals surface area contributed by atoms with Crippen LogP contribution in [0.1, 0.15) is 19.8 Å². The van der Waals surface area contributed by atoms with Gasteiger partial charge in [0.25, 0.3) is 5.91 Å². The van der Waals surface area contributed by atoms with Crippen LogP contribution in [0.2, 0.25) is 0 Å². The largest absolute Gasteiger partial charge is 0.452 e. The summed E-state index contributed by atoms with van der Waals surface area (Å²) >= 11 is 0. The topological polar surface area (TPSA) is 92.8 Å². The maximum absolute atomic E-state index is 12.9. The SMILES string of the molecule is C[C@@H](OC(=O)CN(C)S(=O)(=O)c1ccc(F)cc1)C(=O)NC1CC1. The van der Waals surface area contributed by atoms with Crippen molar-refractivity contribution in [2.45, 2.75) is 36.8 Å². The van der Waals surface area contributed by atoms with Crippen molar-refractivity contribution in [2.75, 3.05) is 13.6 Å². The second-order valence-corrected chi connectivity index (χ2v) is 7.67. The van der Waals surface area contributed by atoms with Gasteiger partial charge in [-0.15, -0.1) is 0 Å². The molecule has 132 valence electrons. The molecule has 9 heteroatoms. The van der Waals surface area contributed by atoms with Gasteiger partial charge >= 0.3 is 5.97 Å². The van der Waals surface area contributed by atoms with Gasteiger partial charge in [-0.3, -0.25) is 9.59 Å². The minimum atomic E-state index is -3.95. The Hall–Kier alpha value is -2.00. The fourth-order valence-corrected chi connectivity index (χ4v) is 3.00. The Morgan fingerprint density at radius 1 is 1.33 bits per heavy atom. The number of hydrogen-bond donors (Lipinski definition) is 1. The van der Waals surface area contributed by atoms with Crippen molar-refractivity contribution in [2.24, 2.45) is 0 Å². The number of benzene rings is 1. The van der Waals surface area contributed by atoms with Crippen LogP contribution in [0.3, 0.4) is 0 Å². The highest BCUT2D eigenvalue weighted by molar-refractivity contribution is 7.89. The zero-order valence-electron chi connectivity index (χ0n) is 13.4. The van der Waals surface area contributed by atoms with E-state index in [1.54, 1.807) is 0 Å². The van der Waals surface area contributed by atoms with Crippen LogP contribution in [0.5, 0.6) is 0 Å². The number of halogens is 1. The molecule has 24 heavy (non-hydrogen) atoms. The van der Waals surface area contributed by atoms with Crippen molar-refractivity contribution >= 4 is 21.9 Å². The Balaban J connectivity index is 1.92. The minimum Gasteiger partial charge on any atom is -0.452 e. The van der Waals surface area contributed by atoms with Gasteiger partial charge in [-0.1, -0.05) is 0 Å². The summed E-state index contributed by atoms with van der Waals surface area (Å²) < 4.78 is 43.1. The van der Waals surface area contributed by atoms with Gasteiger partial charge < -0.3 is 10.1 Å². The van der Waals surface area contributed by atoms with E-state index in [0.29, 0.717) is 0 Å². The van der Waals surface area contributed by atoms with E-state index >= 15 is 0 Å². The number of hydrogen-bond acceptors (Lipinski definition) is 5. The van der Waals surface area contributed by atoms with Crippen LogP contribution in [0.4, 0.5) is 4.39 Å². The number of nitrogens with one attached hydrogen (secondary N) is 1. The summed E-state index contributed by atoms with van der Waals surface area (Å²) in [5, 5.41) is 2.69. The van der Waals surface area contributed by atoms with Gasteiger partial charge in [0.1, 0.15) is 12.4 Å². The molecule has 0 aliphatic heterocycles. The predicted octanol–water partition coefficient (Wildman–Crippen LogP) is 0.656. The lowest BCUT2D eigenvalue weighted by atomic mass is 10.3. The van der Waals surface area contributed by atoms with E-state index in [2.05, 4.69) is 5.32 Å². The molecule has 7 nitrogen and oxygen atoms in total. The van der Waals surface area contributed by atoms with E-state index in [9.17, 15) is 22.4 Å². The zero-order valence-corrected chi connectivity index (χ0v) is 14.2. The third kappa shape index (κ3) is 4.75. The first-order valence-corrected chi connectivity index (χ1v) is 8.86. The lowest BCUT2D eigenvalue weighted by molar-refractivity contribution is -0.154. The first-order valence-electron chi connectivity index (χ1n) is 7.42. The number of sulfonamides is 1. The maximum atomic E-state index is 12.9. The van der Waals surface area contributed by atoms with Crippen molar-refractivity contribution in [3.05, 3.63) is 30.1 Å². The average Bonchev–Trinajstić information content (AvgIpc) is 3.31. The van der Waals surface area contributed by atoms with Gasteiger partial charge in [0, 0.05) is 13.1 Å². The Morgan fingerprint density at radius 2 is 1.92 bits per heavy atom. The van der Waals surface area contributed by atoms with E-state index in [4.69, 9.17) is 4.74 Å². The monoisotopic (exact) mass is 358 g/mol. The normalized spacial score (nSPS) is 15.8. The molecule has 1 atom stereocenters. The summed E-state index contributed by atoms with van der Waals surface area (Å²) in [6, 6.07) is 4.39. The number of rotatable bonds is 7. The van der Waals surface area contributed by atoms with Crippen molar-refractivity contribution < 1.29 is 27.1 Å². The first kappa shape index (κ1) is 18.3. The molecular weight excluding hydrogens is 339 g/mol. The van der Waals surface area contributed by atoms with Gasteiger partial charge in [0.05, 0.1) is 4.90 Å². The number of carbonyl (C=O) groups excluding carboxylic acids is 2. The lowest BCUT2D eigenvalue weighted by Crippen LogP contribution is -2.40. The summed E-state index contributed by atoms with van der Waals surface area (Å²) in [6.07, 6.45) is 0.816. The second kappa shape index (κ2) is 7.27. The molecule has 0 saturated heterocycles. The standard InChI is InChI=1S/C15H19FN2O5S/c1-10(15(20)17-12-5-6-12)23-14(19)9-18(2)24(21,22)13-7-3-11(16)4-8-13/h3-4,7-8,10,12H,5-6,9H2,1-2H3,(H,17,20)/t10-/m1/s1.